The second kappa shape index (κ2) is 8.23. The third kappa shape index (κ3) is 3.98. The van der Waals surface area contributed by atoms with Crippen LogP contribution in [0.4, 0.5) is 5.69 Å². The number of ether oxygens (including phenoxy) is 2. The monoisotopic (exact) mass is 473 g/mol. The maximum absolute atomic E-state index is 13.1. The summed E-state index contributed by atoms with van der Waals surface area (Å²) in [7, 11) is -2.22. The number of nitrogens with zero attached hydrogens (tertiary/aromatic N) is 2. The van der Waals surface area contributed by atoms with E-state index < -0.39 is 15.8 Å². The van der Waals surface area contributed by atoms with Gasteiger partial charge in [-0.05, 0) is 37.1 Å². The summed E-state index contributed by atoms with van der Waals surface area (Å²) in [4.78, 5) is 24.5. The number of piperidine rings is 1. The number of nitrogens with one attached hydrogen (secondary N) is 1. The van der Waals surface area contributed by atoms with Crippen molar-refractivity contribution in [1.82, 2.24) is 8.87 Å². The Balaban J connectivity index is 1.24. The topological polar surface area (TPSA) is 120 Å². The summed E-state index contributed by atoms with van der Waals surface area (Å²) >= 11 is 0. The molecule has 0 aliphatic carbocycles. The van der Waals surface area contributed by atoms with E-state index in [4.69, 9.17) is 13.9 Å². The lowest BCUT2D eigenvalue weighted by Gasteiger charge is -2.30. The van der Waals surface area contributed by atoms with E-state index in [1.165, 1.54) is 21.0 Å². The van der Waals surface area contributed by atoms with Gasteiger partial charge in [0.1, 0.15) is 13.2 Å². The molecule has 3 aromatic rings. The van der Waals surface area contributed by atoms with Gasteiger partial charge in [-0.25, -0.2) is 13.2 Å². The second-order valence-corrected chi connectivity index (χ2v) is 10.0. The fourth-order valence-corrected chi connectivity index (χ4v) is 5.63. The van der Waals surface area contributed by atoms with Crippen molar-refractivity contribution in [2.45, 2.75) is 17.7 Å². The molecular weight excluding hydrogens is 450 g/mol. The quantitative estimate of drug-likeness (QED) is 0.615. The first kappa shape index (κ1) is 21.5. The van der Waals surface area contributed by atoms with Crippen LogP contribution in [0.3, 0.4) is 0 Å². The number of sulfonamides is 1. The summed E-state index contributed by atoms with van der Waals surface area (Å²) in [5, 5.41) is 2.89. The van der Waals surface area contributed by atoms with Crippen LogP contribution in [-0.2, 0) is 21.9 Å². The van der Waals surface area contributed by atoms with Crippen LogP contribution in [-0.4, -0.2) is 49.5 Å². The van der Waals surface area contributed by atoms with Crippen LogP contribution in [0.15, 0.2) is 50.5 Å². The van der Waals surface area contributed by atoms with Crippen LogP contribution in [0, 0.1) is 5.92 Å². The summed E-state index contributed by atoms with van der Waals surface area (Å²) in [6.45, 7) is 1.39. The Kier molecular flexibility index (Phi) is 5.37. The van der Waals surface area contributed by atoms with Gasteiger partial charge in [-0.2, -0.15) is 4.31 Å². The molecule has 33 heavy (non-hydrogen) atoms. The fourth-order valence-electron chi connectivity index (χ4n) is 4.15. The van der Waals surface area contributed by atoms with Crippen LogP contribution in [0.5, 0.6) is 11.5 Å². The number of aryl methyl sites for hydroxylation is 1. The number of carbonyl (C=O) groups is 1. The number of fused-ring (bicyclic) bond motifs is 2. The molecule has 0 bridgehead atoms. The van der Waals surface area contributed by atoms with Crippen LogP contribution < -0.4 is 20.5 Å². The molecule has 3 heterocycles. The summed E-state index contributed by atoms with van der Waals surface area (Å²) in [6, 6.07) is 9.62. The van der Waals surface area contributed by atoms with Crippen molar-refractivity contribution in [1.29, 1.82) is 0 Å². The van der Waals surface area contributed by atoms with Gasteiger partial charge in [0.2, 0.25) is 15.9 Å². The number of amides is 1. The molecule has 1 N–H and O–H groups in total. The number of anilines is 1. The lowest BCUT2D eigenvalue weighted by molar-refractivity contribution is -0.120. The Morgan fingerprint density at radius 3 is 2.52 bits per heavy atom. The zero-order chi connectivity index (χ0) is 23.2. The van der Waals surface area contributed by atoms with Crippen LogP contribution in [0.2, 0.25) is 0 Å². The number of hydrogen-bond donors (Lipinski definition) is 1. The molecule has 2 aromatic carbocycles. The SMILES string of the molecule is Cn1c(=O)oc2cc(S(=O)(=O)N3CCC(C(=O)Nc4ccc5c(c4)OCCO5)CC3)ccc21. The molecule has 0 unspecified atom stereocenters. The van der Waals surface area contributed by atoms with Crippen molar-refractivity contribution in [3.8, 4) is 11.5 Å². The number of carbonyl (C=O) groups excluding carboxylic acids is 1. The molecule has 0 radical (unpaired) electrons. The molecule has 1 amide bonds. The number of rotatable bonds is 4. The maximum atomic E-state index is 13.1. The van der Waals surface area contributed by atoms with Gasteiger partial charge in [-0.1, -0.05) is 0 Å². The minimum Gasteiger partial charge on any atom is -0.486 e. The minimum atomic E-state index is -3.78. The molecule has 174 valence electrons. The highest BCUT2D eigenvalue weighted by atomic mass is 32.2. The van der Waals surface area contributed by atoms with Crippen molar-refractivity contribution in [3.05, 3.63) is 46.9 Å². The highest BCUT2D eigenvalue weighted by Gasteiger charge is 2.32. The first-order valence-electron chi connectivity index (χ1n) is 10.6. The normalized spacial score (nSPS) is 17.2. The van der Waals surface area contributed by atoms with Gasteiger partial charge in [-0.15, -0.1) is 0 Å². The zero-order valence-electron chi connectivity index (χ0n) is 17.9. The zero-order valence-corrected chi connectivity index (χ0v) is 18.8. The molecule has 0 atom stereocenters. The predicted octanol–water partition coefficient (Wildman–Crippen LogP) is 1.94. The summed E-state index contributed by atoms with van der Waals surface area (Å²) < 4.78 is 45.0. The molecule has 2 aliphatic rings. The van der Waals surface area contributed by atoms with Crippen molar-refractivity contribution in [3.63, 3.8) is 0 Å². The van der Waals surface area contributed by atoms with Crippen LogP contribution in [0.1, 0.15) is 12.8 Å². The number of hydrogen-bond acceptors (Lipinski definition) is 7. The highest BCUT2D eigenvalue weighted by molar-refractivity contribution is 7.89. The minimum absolute atomic E-state index is 0.0588. The van der Waals surface area contributed by atoms with E-state index >= 15 is 0 Å². The Morgan fingerprint density at radius 1 is 1.03 bits per heavy atom. The van der Waals surface area contributed by atoms with Crippen molar-refractivity contribution >= 4 is 32.7 Å². The molecular formula is C22H23N3O7S. The molecule has 1 aromatic heterocycles. The predicted molar refractivity (Wildman–Crippen MR) is 119 cm³/mol. The number of oxazole rings is 1. The number of benzene rings is 2. The lowest BCUT2D eigenvalue weighted by atomic mass is 9.97. The molecule has 2 aliphatic heterocycles. The third-order valence-corrected chi connectivity index (χ3v) is 7.93. The van der Waals surface area contributed by atoms with Crippen molar-refractivity contribution < 1.29 is 27.1 Å². The van der Waals surface area contributed by atoms with Gasteiger partial charge in [0, 0.05) is 43.9 Å². The molecule has 0 saturated carbocycles. The second-order valence-electron chi connectivity index (χ2n) is 8.08. The Morgan fingerprint density at radius 2 is 1.76 bits per heavy atom. The average molecular weight is 474 g/mol. The Bertz CT molecular complexity index is 1380. The van der Waals surface area contributed by atoms with Gasteiger partial charge in [0.25, 0.3) is 0 Å². The van der Waals surface area contributed by atoms with Crippen LogP contribution in [0.25, 0.3) is 11.1 Å². The van der Waals surface area contributed by atoms with E-state index in [0.717, 1.165) is 0 Å². The molecule has 0 spiro atoms. The first-order valence-corrected chi connectivity index (χ1v) is 12.1. The fraction of sp³-hybridized carbons (Fsp3) is 0.364. The van der Waals surface area contributed by atoms with E-state index in [9.17, 15) is 18.0 Å². The lowest BCUT2D eigenvalue weighted by Crippen LogP contribution is -2.41. The molecule has 5 rings (SSSR count). The summed E-state index contributed by atoms with van der Waals surface area (Å²) in [5.74, 6) is 0.219. The van der Waals surface area contributed by atoms with E-state index in [0.29, 0.717) is 48.8 Å². The van der Waals surface area contributed by atoms with E-state index in [-0.39, 0.29) is 35.4 Å². The van der Waals surface area contributed by atoms with E-state index in [2.05, 4.69) is 5.32 Å². The molecule has 10 nitrogen and oxygen atoms in total. The van der Waals surface area contributed by atoms with Crippen molar-refractivity contribution in [2.24, 2.45) is 13.0 Å². The Hall–Kier alpha value is -3.31. The Labute approximate surface area is 189 Å². The summed E-state index contributed by atoms with van der Waals surface area (Å²) in [5.41, 5.74) is 1.35. The molecule has 1 fully saturated rings. The standard InChI is InChI=1S/C22H23N3O7S/c1-24-17-4-3-16(13-19(17)32-22(24)27)33(28,29)25-8-6-14(7-9-25)21(26)23-15-2-5-18-20(12-15)31-11-10-30-18/h2-5,12-14H,6-11H2,1H3,(H,23,26). The van der Waals surface area contributed by atoms with Gasteiger partial charge in [-0.3, -0.25) is 9.36 Å². The van der Waals surface area contributed by atoms with Gasteiger partial charge >= 0.3 is 5.76 Å². The maximum Gasteiger partial charge on any atom is 0.419 e. The highest BCUT2D eigenvalue weighted by Crippen LogP contribution is 2.33. The van der Waals surface area contributed by atoms with Gasteiger partial charge in [0.15, 0.2) is 17.1 Å². The van der Waals surface area contributed by atoms with E-state index in [1.807, 2.05) is 0 Å². The van der Waals surface area contributed by atoms with E-state index in [1.54, 1.807) is 31.3 Å². The molecule has 1 saturated heterocycles. The average Bonchev–Trinajstić information content (AvgIpc) is 3.11. The van der Waals surface area contributed by atoms with Crippen molar-refractivity contribution in [2.75, 3.05) is 31.6 Å². The smallest absolute Gasteiger partial charge is 0.419 e. The number of aromatic nitrogens is 1. The van der Waals surface area contributed by atoms with Gasteiger partial charge in [0.05, 0.1) is 10.4 Å². The molecule has 11 heteroatoms. The van der Waals surface area contributed by atoms with Crippen LogP contribution >= 0.6 is 0 Å². The first-order chi connectivity index (χ1) is 15.8. The summed E-state index contributed by atoms with van der Waals surface area (Å²) in [6.07, 6.45) is 0.802. The third-order valence-electron chi connectivity index (χ3n) is 6.04. The van der Waals surface area contributed by atoms with Gasteiger partial charge < -0.3 is 19.2 Å². The largest absolute Gasteiger partial charge is 0.486 e.